The second-order valence-electron chi connectivity index (χ2n) is 5.22. The zero-order valence-corrected chi connectivity index (χ0v) is 13.6. The Labute approximate surface area is 133 Å². The predicted octanol–water partition coefficient (Wildman–Crippen LogP) is 2.91. The van der Waals surface area contributed by atoms with Gasteiger partial charge in [0, 0.05) is 35.6 Å². The Bertz CT molecular complexity index is 983. The molecule has 0 unspecified atom stereocenters. The lowest BCUT2D eigenvalue weighted by molar-refractivity contribution is 0.0991. The highest BCUT2D eigenvalue weighted by Gasteiger charge is 2.17. The largest absolute Gasteiger partial charge is 0.440 e. The summed E-state index contributed by atoms with van der Waals surface area (Å²) in [6, 6.07) is 10.2. The number of aromatic nitrogens is 1. The maximum absolute atomic E-state index is 12.1. The highest BCUT2D eigenvalue weighted by Crippen LogP contribution is 2.21. The zero-order valence-electron chi connectivity index (χ0n) is 12.7. The van der Waals surface area contributed by atoms with Crippen LogP contribution in [0.1, 0.15) is 17.5 Å². The molecular weight excluding hydrogens is 316 g/mol. The first kappa shape index (κ1) is 15.4. The summed E-state index contributed by atoms with van der Waals surface area (Å²) in [6.07, 6.45) is 3.01. The van der Waals surface area contributed by atoms with E-state index in [1.54, 1.807) is 6.07 Å². The van der Waals surface area contributed by atoms with Crippen molar-refractivity contribution in [2.24, 2.45) is 0 Å². The molecule has 0 atom stereocenters. The molecule has 0 aliphatic heterocycles. The fraction of sp³-hybridized carbons (Fsp3) is 0.188. The van der Waals surface area contributed by atoms with E-state index < -0.39 is 15.7 Å². The van der Waals surface area contributed by atoms with Crippen LogP contribution >= 0.6 is 0 Å². The maximum Gasteiger partial charge on any atom is 0.291 e. The van der Waals surface area contributed by atoms with Crippen LogP contribution in [0.5, 0.6) is 0 Å². The summed E-state index contributed by atoms with van der Waals surface area (Å²) in [6.45, 7) is 2.93. The van der Waals surface area contributed by atoms with Crippen molar-refractivity contribution in [3.63, 3.8) is 0 Å². The number of carbonyl (C=O) groups excluding carboxylic acids is 1. The van der Waals surface area contributed by atoms with Gasteiger partial charge in [0.1, 0.15) is 0 Å². The Kier molecular flexibility index (Phi) is 3.73. The van der Waals surface area contributed by atoms with E-state index in [0.717, 1.165) is 23.7 Å². The second kappa shape index (κ2) is 5.58. The zero-order chi connectivity index (χ0) is 16.6. The molecule has 2 heterocycles. The van der Waals surface area contributed by atoms with Gasteiger partial charge in [0.2, 0.25) is 14.9 Å². The number of nitrogens with zero attached hydrogens (tertiary/aromatic N) is 1. The van der Waals surface area contributed by atoms with Crippen LogP contribution in [0.3, 0.4) is 0 Å². The van der Waals surface area contributed by atoms with Crippen molar-refractivity contribution in [1.29, 1.82) is 0 Å². The highest BCUT2D eigenvalue weighted by molar-refractivity contribution is 7.90. The van der Waals surface area contributed by atoms with Gasteiger partial charge in [0.05, 0.1) is 0 Å². The van der Waals surface area contributed by atoms with Crippen molar-refractivity contribution < 1.29 is 17.6 Å². The van der Waals surface area contributed by atoms with Gasteiger partial charge in [0.15, 0.2) is 5.76 Å². The predicted molar refractivity (Wildman–Crippen MR) is 87.4 cm³/mol. The van der Waals surface area contributed by atoms with Gasteiger partial charge in [-0.2, -0.15) is 0 Å². The number of fused-ring (bicyclic) bond motifs is 1. The van der Waals surface area contributed by atoms with Crippen LogP contribution in [0.2, 0.25) is 0 Å². The lowest BCUT2D eigenvalue weighted by Crippen LogP contribution is -2.10. The molecule has 3 rings (SSSR count). The van der Waals surface area contributed by atoms with Crippen LogP contribution in [0, 0.1) is 0 Å². The van der Waals surface area contributed by atoms with Gasteiger partial charge in [0.25, 0.3) is 5.91 Å². The van der Waals surface area contributed by atoms with Gasteiger partial charge >= 0.3 is 0 Å². The molecule has 0 radical (unpaired) electrons. The minimum atomic E-state index is -3.47. The van der Waals surface area contributed by atoms with E-state index in [0.29, 0.717) is 5.69 Å². The molecule has 0 spiro atoms. The molecule has 2 aromatic heterocycles. The number of benzene rings is 1. The van der Waals surface area contributed by atoms with E-state index >= 15 is 0 Å². The van der Waals surface area contributed by atoms with Crippen LogP contribution < -0.4 is 5.32 Å². The van der Waals surface area contributed by atoms with E-state index in [1.807, 2.05) is 24.4 Å². The number of sulfone groups is 1. The average molecular weight is 332 g/mol. The number of amides is 1. The van der Waals surface area contributed by atoms with E-state index in [1.165, 1.54) is 12.1 Å². The van der Waals surface area contributed by atoms with E-state index in [-0.39, 0.29) is 10.9 Å². The molecular formula is C16H16N2O4S. The van der Waals surface area contributed by atoms with Crippen molar-refractivity contribution in [3.8, 4) is 0 Å². The van der Waals surface area contributed by atoms with Crippen LogP contribution in [0.15, 0.2) is 52.1 Å². The number of hydrogen-bond donors (Lipinski definition) is 1. The quantitative estimate of drug-likeness (QED) is 0.796. The van der Waals surface area contributed by atoms with Gasteiger partial charge in [-0.3, -0.25) is 4.79 Å². The molecule has 0 bridgehead atoms. The molecule has 120 valence electrons. The number of furan rings is 1. The standard InChI is InChI=1S/C16H16N2O4S/c1-3-18-9-8-11-10-12(4-5-13(11)18)17-16(19)14-6-7-15(22-14)23(2,20)21/h4-10H,3H2,1-2H3,(H,17,19). The third-order valence-electron chi connectivity index (χ3n) is 3.54. The van der Waals surface area contributed by atoms with E-state index in [9.17, 15) is 13.2 Å². The fourth-order valence-corrected chi connectivity index (χ4v) is 2.94. The van der Waals surface area contributed by atoms with Crippen molar-refractivity contribution in [2.75, 3.05) is 11.6 Å². The first-order valence-corrected chi connectivity index (χ1v) is 8.98. The number of rotatable bonds is 4. The van der Waals surface area contributed by atoms with Crippen LogP contribution in [0.25, 0.3) is 10.9 Å². The lowest BCUT2D eigenvalue weighted by Gasteiger charge is -2.05. The number of carbonyl (C=O) groups is 1. The summed E-state index contributed by atoms with van der Waals surface area (Å²) >= 11 is 0. The van der Waals surface area contributed by atoms with Crippen LogP contribution in [-0.4, -0.2) is 25.1 Å². The van der Waals surface area contributed by atoms with E-state index in [4.69, 9.17) is 4.42 Å². The first-order valence-electron chi connectivity index (χ1n) is 7.08. The summed E-state index contributed by atoms with van der Waals surface area (Å²) in [4.78, 5) is 12.1. The maximum atomic E-state index is 12.1. The number of hydrogen-bond acceptors (Lipinski definition) is 4. The lowest BCUT2D eigenvalue weighted by atomic mass is 10.2. The molecule has 0 fully saturated rings. The molecule has 23 heavy (non-hydrogen) atoms. The Morgan fingerprint density at radius 3 is 2.65 bits per heavy atom. The highest BCUT2D eigenvalue weighted by atomic mass is 32.2. The molecule has 0 saturated heterocycles. The molecule has 0 saturated carbocycles. The third kappa shape index (κ3) is 3.00. The Morgan fingerprint density at radius 2 is 2.00 bits per heavy atom. The minimum Gasteiger partial charge on any atom is -0.440 e. The monoisotopic (exact) mass is 332 g/mol. The molecule has 6 nitrogen and oxygen atoms in total. The summed E-state index contributed by atoms with van der Waals surface area (Å²) in [5.74, 6) is -0.536. The number of anilines is 1. The average Bonchev–Trinajstić information content (AvgIpc) is 3.13. The smallest absolute Gasteiger partial charge is 0.291 e. The fourth-order valence-electron chi connectivity index (χ4n) is 2.39. The van der Waals surface area contributed by atoms with Crippen LogP contribution in [-0.2, 0) is 16.4 Å². The SMILES string of the molecule is CCn1ccc2cc(NC(=O)c3ccc(S(C)(=O)=O)o3)ccc21. The Morgan fingerprint density at radius 1 is 1.22 bits per heavy atom. The normalized spacial score (nSPS) is 11.7. The first-order chi connectivity index (χ1) is 10.9. The van der Waals surface area contributed by atoms with Gasteiger partial charge in [-0.1, -0.05) is 0 Å². The van der Waals surface area contributed by atoms with E-state index in [2.05, 4.69) is 16.8 Å². The molecule has 7 heteroatoms. The summed E-state index contributed by atoms with van der Waals surface area (Å²) in [5, 5.41) is 3.50. The van der Waals surface area contributed by atoms with Gasteiger partial charge in [-0.05, 0) is 43.3 Å². The molecule has 1 amide bonds. The Hall–Kier alpha value is -2.54. The number of aryl methyl sites for hydroxylation is 1. The summed E-state index contributed by atoms with van der Waals surface area (Å²) < 4.78 is 29.9. The molecule has 1 aromatic carbocycles. The van der Waals surface area contributed by atoms with Crippen molar-refractivity contribution in [1.82, 2.24) is 4.57 Å². The minimum absolute atomic E-state index is 0.0448. The molecule has 0 aliphatic carbocycles. The summed E-state index contributed by atoms with van der Waals surface area (Å²) in [7, 11) is -3.47. The third-order valence-corrected chi connectivity index (χ3v) is 4.49. The van der Waals surface area contributed by atoms with Crippen molar-refractivity contribution in [3.05, 3.63) is 48.4 Å². The molecule has 3 aromatic rings. The van der Waals surface area contributed by atoms with Gasteiger partial charge in [-0.15, -0.1) is 0 Å². The van der Waals surface area contributed by atoms with Crippen molar-refractivity contribution in [2.45, 2.75) is 18.6 Å². The second-order valence-corrected chi connectivity index (χ2v) is 7.17. The topological polar surface area (TPSA) is 81.3 Å². The van der Waals surface area contributed by atoms with Gasteiger partial charge < -0.3 is 14.3 Å². The number of nitrogens with one attached hydrogen (secondary N) is 1. The van der Waals surface area contributed by atoms with Gasteiger partial charge in [-0.25, -0.2) is 8.42 Å². The molecule has 0 aliphatic rings. The summed E-state index contributed by atoms with van der Waals surface area (Å²) in [5.41, 5.74) is 1.71. The van der Waals surface area contributed by atoms with Crippen molar-refractivity contribution >= 4 is 32.3 Å². The Balaban J connectivity index is 1.84. The van der Waals surface area contributed by atoms with Crippen LogP contribution in [0.4, 0.5) is 5.69 Å². The molecule has 1 N–H and O–H groups in total.